The fourth-order valence-electron chi connectivity index (χ4n) is 3.88. The first kappa shape index (κ1) is 23.0. The van der Waals surface area contributed by atoms with Gasteiger partial charge in [-0.3, -0.25) is 9.69 Å². The fourth-order valence-corrected chi connectivity index (χ4v) is 3.88. The average Bonchev–Trinajstić information content (AvgIpc) is 2.75. The molecule has 1 unspecified atom stereocenters. The number of likely N-dealkylation sites (tertiary alicyclic amines) is 1. The van der Waals surface area contributed by atoms with Gasteiger partial charge in [-0.1, -0.05) is 30.9 Å². The summed E-state index contributed by atoms with van der Waals surface area (Å²) in [6, 6.07) is 6.58. The number of aryl methyl sites for hydroxylation is 1. The molecule has 0 aliphatic carbocycles. The van der Waals surface area contributed by atoms with Crippen LogP contribution in [0.15, 0.2) is 47.8 Å². The molecule has 2 saturated heterocycles. The Bertz CT molecular complexity index is 854. The number of aliphatic imine (C=N–C) groups is 1. The van der Waals surface area contributed by atoms with Crippen LogP contribution in [-0.2, 0) is 20.8 Å². The number of rotatable bonds is 6. The maximum Gasteiger partial charge on any atom is 0.257 e. The van der Waals surface area contributed by atoms with Crippen molar-refractivity contribution < 1.29 is 19.4 Å². The molecule has 168 valence electrons. The molecule has 0 aromatic heterocycles. The molecule has 2 heterocycles. The Morgan fingerprint density at radius 3 is 2.81 bits per heavy atom. The molecule has 2 aliphatic heterocycles. The molecule has 3 rings (SSSR count). The van der Waals surface area contributed by atoms with Gasteiger partial charge in [-0.25, -0.2) is 4.99 Å². The van der Waals surface area contributed by atoms with Crippen LogP contribution < -0.4 is 5.32 Å². The van der Waals surface area contributed by atoms with Crippen molar-refractivity contribution in [3.05, 3.63) is 59.5 Å². The van der Waals surface area contributed by atoms with Gasteiger partial charge in [0.05, 0.1) is 0 Å². The van der Waals surface area contributed by atoms with Gasteiger partial charge in [-0.2, -0.15) is 0 Å². The minimum atomic E-state index is -0.957. The highest BCUT2D eigenvalue weighted by molar-refractivity contribution is 5.92. The Morgan fingerprint density at radius 2 is 2.16 bits per heavy atom. The van der Waals surface area contributed by atoms with Gasteiger partial charge >= 0.3 is 0 Å². The summed E-state index contributed by atoms with van der Waals surface area (Å²) >= 11 is 0. The highest BCUT2D eigenvalue weighted by Gasteiger charge is 2.26. The third-order valence-electron chi connectivity index (χ3n) is 5.64. The summed E-state index contributed by atoms with van der Waals surface area (Å²) in [5.41, 5.74) is 3.49. The van der Waals surface area contributed by atoms with E-state index in [4.69, 9.17) is 9.47 Å². The number of aliphatic hydroxyl groups is 1. The topological polar surface area (TPSA) is 83.4 Å². The molecular formula is C24H33N3O4. The molecule has 7 heteroatoms. The zero-order chi connectivity index (χ0) is 22.4. The molecular weight excluding hydrogens is 394 g/mol. The van der Waals surface area contributed by atoms with E-state index in [-0.39, 0.29) is 18.1 Å². The van der Waals surface area contributed by atoms with E-state index >= 15 is 0 Å². The Kier molecular flexibility index (Phi) is 7.87. The Morgan fingerprint density at radius 1 is 1.42 bits per heavy atom. The quantitative estimate of drug-likeness (QED) is 0.729. The summed E-state index contributed by atoms with van der Waals surface area (Å²) < 4.78 is 11.7. The average molecular weight is 428 g/mol. The molecule has 2 atom stereocenters. The van der Waals surface area contributed by atoms with E-state index in [0.717, 1.165) is 43.6 Å². The molecule has 1 amide bonds. The minimum absolute atomic E-state index is 0.138. The van der Waals surface area contributed by atoms with Crippen molar-refractivity contribution in [2.45, 2.75) is 58.4 Å². The van der Waals surface area contributed by atoms with Crippen LogP contribution in [0.25, 0.3) is 0 Å². The Hall–Kier alpha value is -2.64. The van der Waals surface area contributed by atoms with Crippen LogP contribution in [0.4, 0.5) is 0 Å². The monoisotopic (exact) mass is 427 g/mol. The molecule has 2 N–H and O–H groups in total. The van der Waals surface area contributed by atoms with E-state index in [1.165, 1.54) is 12.5 Å². The maximum atomic E-state index is 11.7. The second-order valence-corrected chi connectivity index (χ2v) is 8.18. The van der Waals surface area contributed by atoms with Crippen molar-refractivity contribution in [3.8, 4) is 0 Å². The lowest BCUT2D eigenvalue weighted by Crippen LogP contribution is -2.46. The molecule has 0 bridgehead atoms. The molecule has 2 fully saturated rings. The van der Waals surface area contributed by atoms with Crippen molar-refractivity contribution in [2.75, 3.05) is 19.7 Å². The maximum absolute atomic E-state index is 11.7. The number of amides is 1. The second kappa shape index (κ2) is 10.6. The first-order chi connectivity index (χ1) is 14.9. The number of carbonyl (C=O) groups is 1. The first-order valence-electron chi connectivity index (χ1n) is 10.8. The van der Waals surface area contributed by atoms with Gasteiger partial charge in [0.15, 0.2) is 11.9 Å². The lowest BCUT2D eigenvalue weighted by molar-refractivity contribution is -0.129. The summed E-state index contributed by atoms with van der Waals surface area (Å²) in [5.74, 6) is 0.584. The third-order valence-corrected chi connectivity index (χ3v) is 5.64. The minimum Gasteiger partial charge on any atom is -0.484 e. The summed E-state index contributed by atoms with van der Waals surface area (Å²) in [4.78, 5) is 18.3. The SMILES string of the molecule is C=C1OC[C@H](c2ccc(CN3CCC(NC(=O)C(C)O)CC3)cc2C)O/C1=N/C=C\C. The van der Waals surface area contributed by atoms with Gasteiger partial charge in [0.1, 0.15) is 12.7 Å². The molecule has 1 aromatic carbocycles. The molecule has 2 aliphatic rings. The summed E-state index contributed by atoms with van der Waals surface area (Å²) in [7, 11) is 0. The largest absolute Gasteiger partial charge is 0.484 e. The van der Waals surface area contributed by atoms with Crippen molar-refractivity contribution in [2.24, 2.45) is 4.99 Å². The molecule has 7 nitrogen and oxygen atoms in total. The zero-order valence-electron chi connectivity index (χ0n) is 18.6. The first-order valence-corrected chi connectivity index (χ1v) is 10.8. The normalized spacial score (nSPS) is 22.9. The van der Waals surface area contributed by atoms with Crippen LogP contribution in [0.2, 0.25) is 0 Å². The highest BCUT2D eigenvalue weighted by Crippen LogP contribution is 2.29. The van der Waals surface area contributed by atoms with E-state index in [2.05, 4.69) is 46.9 Å². The number of benzene rings is 1. The number of ether oxygens (including phenoxy) is 2. The summed E-state index contributed by atoms with van der Waals surface area (Å²) in [6.07, 6.45) is 4.11. The van der Waals surface area contributed by atoms with Crippen molar-refractivity contribution in [3.63, 3.8) is 0 Å². The van der Waals surface area contributed by atoms with Gasteiger partial charge in [0, 0.05) is 31.9 Å². The van der Waals surface area contributed by atoms with Gasteiger partial charge in [0.25, 0.3) is 5.90 Å². The summed E-state index contributed by atoms with van der Waals surface area (Å²) in [6.45, 7) is 12.4. The second-order valence-electron chi connectivity index (χ2n) is 8.18. The van der Waals surface area contributed by atoms with E-state index in [1.54, 1.807) is 6.20 Å². The molecule has 0 spiro atoms. The van der Waals surface area contributed by atoms with Crippen LogP contribution >= 0.6 is 0 Å². The lowest BCUT2D eigenvalue weighted by atomic mass is 9.99. The number of nitrogens with one attached hydrogen (secondary N) is 1. The van der Waals surface area contributed by atoms with Crippen molar-refractivity contribution in [1.29, 1.82) is 0 Å². The van der Waals surface area contributed by atoms with Crippen LogP contribution in [0, 0.1) is 6.92 Å². The van der Waals surface area contributed by atoms with E-state index in [1.807, 2.05) is 13.0 Å². The molecule has 31 heavy (non-hydrogen) atoms. The Balaban J connectivity index is 1.57. The van der Waals surface area contributed by atoms with Gasteiger partial charge in [-0.15, -0.1) is 0 Å². The van der Waals surface area contributed by atoms with Gasteiger partial charge < -0.3 is 19.9 Å². The lowest BCUT2D eigenvalue weighted by Gasteiger charge is -2.33. The van der Waals surface area contributed by atoms with Crippen molar-refractivity contribution >= 4 is 11.8 Å². The van der Waals surface area contributed by atoms with E-state index in [0.29, 0.717) is 18.3 Å². The number of carbonyl (C=O) groups excluding carboxylic acids is 1. The molecule has 0 radical (unpaired) electrons. The van der Waals surface area contributed by atoms with E-state index < -0.39 is 6.10 Å². The van der Waals surface area contributed by atoms with Crippen LogP contribution in [0.3, 0.4) is 0 Å². The smallest absolute Gasteiger partial charge is 0.257 e. The number of allylic oxidation sites excluding steroid dienone is 1. The standard InChI is InChI=1S/C24H33N3O4/c1-5-10-25-24-18(4)30-15-22(31-24)21-7-6-19(13-16(21)2)14-27-11-8-20(9-12-27)26-23(29)17(3)28/h5-7,10,13,17,20,22,28H,4,8-9,11-12,14-15H2,1-3H3,(H,26,29)/b10-5-,25-24+/t17?,22-/m1/s1. The molecule has 0 saturated carbocycles. The molecule has 1 aromatic rings. The number of nitrogens with zero attached hydrogens (tertiary/aromatic N) is 2. The van der Waals surface area contributed by atoms with Crippen molar-refractivity contribution in [1.82, 2.24) is 10.2 Å². The number of hydrogen-bond donors (Lipinski definition) is 2. The number of piperidine rings is 1. The fraction of sp³-hybridized carbons (Fsp3) is 0.500. The number of hydrogen-bond acceptors (Lipinski definition) is 6. The van der Waals surface area contributed by atoms with Crippen LogP contribution in [0.1, 0.15) is 49.5 Å². The van der Waals surface area contributed by atoms with Gasteiger partial charge in [-0.05, 0) is 50.3 Å². The van der Waals surface area contributed by atoms with Gasteiger partial charge in [0.2, 0.25) is 5.91 Å². The summed E-state index contributed by atoms with van der Waals surface area (Å²) in [5, 5.41) is 12.3. The zero-order valence-corrected chi connectivity index (χ0v) is 18.6. The third kappa shape index (κ3) is 6.18. The van der Waals surface area contributed by atoms with Crippen LogP contribution in [0.5, 0.6) is 0 Å². The van der Waals surface area contributed by atoms with Crippen LogP contribution in [-0.4, -0.2) is 53.7 Å². The van der Waals surface area contributed by atoms with E-state index in [9.17, 15) is 9.90 Å². The highest BCUT2D eigenvalue weighted by atomic mass is 16.6. The number of aliphatic hydroxyl groups excluding tert-OH is 1. The predicted octanol–water partition coefficient (Wildman–Crippen LogP) is 2.99. The predicted molar refractivity (Wildman–Crippen MR) is 120 cm³/mol. The Labute approximate surface area is 184 Å².